The number of piperazine rings is 1. The van der Waals surface area contributed by atoms with Crippen LogP contribution in [0, 0.1) is 0 Å². The molecule has 1 N–H and O–H groups in total. The van der Waals surface area contributed by atoms with E-state index in [0.717, 1.165) is 53.5 Å². The van der Waals surface area contributed by atoms with Crippen LogP contribution in [-0.4, -0.2) is 44.0 Å². The molecule has 5 heteroatoms. The maximum atomic E-state index is 5.75. The largest absolute Gasteiger partial charge is 0.496 e. The van der Waals surface area contributed by atoms with Crippen molar-refractivity contribution in [2.45, 2.75) is 0 Å². The van der Waals surface area contributed by atoms with Gasteiger partial charge in [-0.05, 0) is 47.2 Å². The molecular formula is C22H22BrN3O. The number of nitrogens with zero attached hydrogens (tertiary/aromatic N) is 2. The van der Waals surface area contributed by atoms with Gasteiger partial charge in [0.25, 0.3) is 0 Å². The quantitative estimate of drug-likeness (QED) is 0.494. The Morgan fingerprint density at radius 3 is 2.33 bits per heavy atom. The molecule has 27 heavy (non-hydrogen) atoms. The molecule has 0 aliphatic carbocycles. The Balaban J connectivity index is 1.87. The first-order valence-electron chi connectivity index (χ1n) is 9.12. The summed E-state index contributed by atoms with van der Waals surface area (Å²) in [6.45, 7) is 3.75. The molecule has 1 heterocycles. The van der Waals surface area contributed by atoms with E-state index in [1.165, 1.54) is 10.8 Å². The number of halogens is 1. The fraction of sp³-hybridized carbons (Fsp3) is 0.227. The van der Waals surface area contributed by atoms with Crippen molar-refractivity contribution in [1.29, 1.82) is 0 Å². The highest BCUT2D eigenvalue weighted by atomic mass is 79.9. The number of fused-ring (bicyclic) bond motifs is 1. The summed E-state index contributed by atoms with van der Waals surface area (Å²) in [5.74, 6) is 1.81. The lowest BCUT2D eigenvalue weighted by atomic mass is 10.0. The molecule has 3 aromatic rings. The van der Waals surface area contributed by atoms with Crippen LogP contribution in [-0.2, 0) is 0 Å². The van der Waals surface area contributed by atoms with Crippen molar-refractivity contribution in [3.63, 3.8) is 0 Å². The molecule has 0 saturated carbocycles. The predicted octanol–water partition coefficient (Wildman–Crippen LogP) is 4.59. The monoisotopic (exact) mass is 423 g/mol. The Labute approximate surface area is 168 Å². The number of rotatable bonds is 3. The lowest BCUT2D eigenvalue weighted by Crippen LogP contribution is -2.46. The van der Waals surface area contributed by atoms with E-state index in [9.17, 15) is 0 Å². The summed E-state index contributed by atoms with van der Waals surface area (Å²) >= 11 is 3.50. The Kier molecular flexibility index (Phi) is 5.41. The molecule has 1 aliphatic rings. The van der Waals surface area contributed by atoms with E-state index < -0.39 is 0 Å². The highest BCUT2D eigenvalue weighted by Crippen LogP contribution is 2.29. The van der Waals surface area contributed by atoms with Crippen LogP contribution < -0.4 is 10.1 Å². The van der Waals surface area contributed by atoms with Crippen LogP contribution in [0.5, 0.6) is 5.75 Å². The molecule has 1 saturated heterocycles. The SMILES string of the molecule is COc1cc2ccccc2cc1C(=Nc1ccc(Br)cc1)N1CCNCC1. The van der Waals surface area contributed by atoms with E-state index in [-0.39, 0.29) is 0 Å². The van der Waals surface area contributed by atoms with Crippen LogP contribution in [0.1, 0.15) is 5.56 Å². The average Bonchev–Trinajstić information content (AvgIpc) is 2.73. The third-order valence-corrected chi connectivity index (χ3v) is 5.32. The van der Waals surface area contributed by atoms with Gasteiger partial charge in [0.05, 0.1) is 18.4 Å². The Morgan fingerprint density at radius 1 is 1.00 bits per heavy atom. The summed E-state index contributed by atoms with van der Waals surface area (Å²) in [6, 6.07) is 20.7. The second-order valence-corrected chi connectivity index (χ2v) is 7.46. The van der Waals surface area contributed by atoms with Crippen molar-refractivity contribution >= 4 is 38.2 Å². The summed E-state index contributed by atoms with van der Waals surface area (Å²) in [7, 11) is 1.72. The zero-order valence-corrected chi connectivity index (χ0v) is 16.9. The second-order valence-electron chi connectivity index (χ2n) is 6.55. The first-order valence-corrected chi connectivity index (χ1v) is 9.91. The third-order valence-electron chi connectivity index (χ3n) is 4.79. The van der Waals surface area contributed by atoms with Gasteiger partial charge in [0.15, 0.2) is 0 Å². The highest BCUT2D eigenvalue weighted by Gasteiger charge is 2.20. The van der Waals surface area contributed by atoms with E-state index >= 15 is 0 Å². The number of amidine groups is 1. The number of ether oxygens (including phenoxy) is 1. The van der Waals surface area contributed by atoms with Crippen LogP contribution in [0.2, 0.25) is 0 Å². The summed E-state index contributed by atoms with van der Waals surface area (Å²) < 4.78 is 6.80. The van der Waals surface area contributed by atoms with Gasteiger partial charge in [-0.25, -0.2) is 4.99 Å². The van der Waals surface area contributed by atoms with Crippen LogP contribution >= 0.6 is 15.9 Å². The molecule has 4 rings (SSSR count). The summed E-state index contributed by atoms with van der Waals surface area (Å²) in [5.41, 5.74) is 1.96. The molecule has 1 fully saturated rings. The number of aliphatic imine (C=N–C) groups is 1. The van der Waals surface area contributed by atoms with E-state index in [2.05, 4.69) is 62.5 Å². The van der Waals surface area contributed by atoms with Crippen molar-refractivity contribution in [1.82, 2.24) is 10.2 Å². The highest BCUT2D eigenvalue weighted by molar-refractivity contribution is 9.10. The summed E-state index contributed by atoms with van der Waals surface area (Å²) in [4.78, 5) is 7.36. The van der Waals surface area contributed by atoms with Crippen molar-refractivity contribution in [3.8, 4) is 5.75 Å². The number of benzene rings is 3. The van der Waals surface area contributed by atoms with Gasteiger partial charge < -0.3 is 15.0 Å². The smallest absolute Gasteiger partial charge is 0.140 e. The van der Waals surface area contributed by atoms with Crippen molar-refractivity contribution in [3.05, 3.63) is 70.7 Å². The molecule has 0 unspecified atom stereocenters. The van der Waals surface area contributed by atoms with Gasteiger partial charge in [-0.1, -0.05) is 40.2 Å². The van der Waals surface area contributed by atoms with E-state index in [1.807, 2.05) is 24.3 Å². The minimum atomic E-state index is 0.850. The molecule has 0 aromatic heterocycles. The molecule has 3 aromatic carbocycles. The van der Waals surface area contributed by atoms with E-state index in [4.69, 9.17) is 9.73 Å². The predicted molar refractivity (Wildman–Crippen MR) is 115 cm³/mol. The molecule has 0 amide bonds. The number of methoxy groups -OCH3 is 1. The number of hydrogen-bond donors (Lipinski definition) is 1. The molecule has 0 spiro atoms. The van der Waals surface area contributed by atoms with Gasteiger partial charge in [-0.2, -0.15) is 0 Å². The zero-order chi connectivity index (χ0) is 18.6. The Morgan fingerprint density at radius 2 is 1.67 bits per heavy atom. The Bertz CT molecular complexity index is 963. The summed E-state index contributed by atoms with van der Waals surface area (Å²) in [6.07, 6.45) is 0. The van der Waals surface area contributed by atoms with Gasteiger partial charge in [0.2, 0.25) is 0 Å². The lowest BCUT2D eigenvalue weighted by Gasteiger charge is -2.31. The number of hydrogen-bond acceptors (Lipinski definition) is 3. The normalized spacial score (nSPS) is 15.2. The Hall–Kier alpha value is -2.37. The third kappa shape index (κ3) is 3.99. The van der Waals surface area contributed by atoms with Gasteiger partial charge in [-0.15, -0.1) is 0 Å². The molecule has 0 radical (unpaired) electrons. The van der Waals surface area contributed by atoms with E-state index in [1.54, 1.807) is 7.11 Å². The molecular weight excluding hydrogens is 402 g/mol. The second kappa shape index (κ2) is 8.11. The molecule has 1 aliphatic heterocycles. The fourth-order valence-corrected chi connectivity index (χ4v) is 3.64. The first kappa shape index (κ1) is 18.0. The minimum Gasteiger partial charge on any atom is -0.496 e. The zero-order valence-electron chi connectivity index (χ0n) is 15.3. The van der Waals surface area contributed by atoms with Gasteiger partial charge in [0, 0.05) is 30.7 Å². The standard InChI is InChI=1S/C22H22BrN3O/c1-27-21-15-17-5-3-2-4-16(17)14-20(21)22(26-12-10-24-11-13-26)25-19-8-6-18(23)7-9-19/h2-9,14-15,24H,10-13H2,1H3. The summed E-state index contributed by atoms with van der Waals surface area (Å²) in [5, 5.41) is 5.77. The molecule has 0 bridgehead atoms. The molecule has 0 atom stereocenters. The fourth-order valence-electron chi connectivity index (χ4n) is 3.38. The minimum absolute atomic E-state index is 0.850. The van der Waals surface area contributed by atoms with Crippen LogP contribution in [0.4, 0.5) is 5.69 Å². The van der Waals surface area contributed by atoms with Gasteiger partial charge >= 0.3 is 0 Å². The average molecular weight is 424 g/mol. The van der Waals surface area contributed by atoms with Gasteiger partial charge in [0.1, 0.15) is 11.6 Å². The van der Waals surface area contributed by atoms with Crippen LogP contribution in [0.15, 0.2) is 70.1 Å². The van der Waals surface area contributed by atoms with Crippen molar-refractivity contribution in [2.75, 3.05) is 33.3 Å². The van der Waals surface area contributed by atoms with E-state index in [0.29, 0.717) is 0 Å². The molecule has 4 nitrogen and oxygen atoms in total. The number of nitrogens with one attached hydrogen (secondary N) is 1. The first-order chi connectivity index (χ1) is 13.2. The van der Waals surface area contributed by atoms with Gasteiger partial charge in [-0.3, -0.25) is 0 Å². The lowest BCUT2D eigenvalue weighted by molar-refractivity contribution is 0.355. The maximum absolute atomic E-state index is 5.75. The maximum Gasteiger partial charge on any atom is 0.140 e. The van der Waals surface area contributed by atoms with Crippen molar-refractivity contribution < 1.29 is 4.74 Å². The van der Waals surface area contributed by atoms with Crippen molar-refractivity contribution in [2.24, 2.45) is 4.99 Å². The topological polar surface area (TPSA) is 36.9 Å². The van der Waals surface area contributed by atoms with Crippen LogP contribution in [0.25, 0.3) is 10.8 Å². The van der Waals surface area contributed by atoms with Crippen LogP contribution in [0.3, 0.4) is 0 Å². The molecule has 138 valence electrons.